The maximum absolute atomic E-state index is 12.8. The number of para-hydroxylation sites is 1. The van der Waals surface area contributed by atoms with Gasteiger partial charge in [-0.05, 0) is 41.8 Å². The zero-order valence-electron chi connectivity index (χ0n) is 11.7. The number of rotatable bonds is 1. The molecule has 0 atom stereocenters. The highest BCUT2D eigenvalue weighted by molar-refractivity contribution is 7.21. The average Bonchev–Trinajstić information content (AvgIpc) is 2.55. The number of aromatic nitrogens is 2. The standard InChI is InChI=1S/C17H9ClN2O2S/c18-11-6-7-14-10(8-11)9-13-15(23-14)19-17(22)20(16(13)21)12-4-2-1-3-5-12/h1-9H. The molecular weight excluding hydrogens is 332 g/mol. The Balaban J connectivity index is 2.12. The van der Waals surface area contributed by atoms with Crippen molar-refractivity contribution in [3.8, 4) is 16.3 Å². The summed E-state index contributed by atoms with van der Waals surface area (Å²) in [5.74, 6) is 0. The van der Waals surface area contributed by atoms with Crippen molar-refractivity contribution in [2.75, 3.05) is 0 Å². The normalized spacial score (nSPS) is 11.2. The molecule has 0 unspecified atom stereocenters. The van der Waals surface area contributed by atoms with Gasteiger partial charge in [0.1, 0.15) is 5.01 Å². The molecule has 4 rings (SSSR count). The van der Waals surface area contributed by atoms with Gasteiger partial charge in [-0.2, -0.15) is 4.98 Å². The molecular formula is C17H9ClN2O2S. The molecule has 0 fully saturated rings. The summed E-state index contributed by atoms with van der Waals surface area (Å²) in [6.45, 7) is 0. The average molecular weight is 341 g/mol. The fourth-order valence-electron chi connectivity index (χ4n) is 2.49. The Kier molecular flexibility index (Phi) is 3.25. The minimum absolute atomic E-state index is 0.371. The van der Waals surface area contributed by atoms with Gasteiger partial charge in [0.2, 0.25) is 0 Å². The van der Waals surface area contributed by atoms with Gasteiger partial charge in [0.15, 0.2) is 0 Å². The number of nitrogens with zero attached hydrogens (tertiary/aromatic N) is 2. The molecule has 0 aliphatic carbocycles. The van der Waals surface area contributed by atoms with Gasteiger partial charge >= 0.3 is 5.69 Å². The van der Waals surface area contributed by atoms with Crippen LogP contribution in [0.15, 0.2) is 64.2 Å². The molecule has 0 bridgehead atoms. The molecule has 6 heteroatoms. The van der Waals surface area contributed by atoms with Crippen molar-refractivity contribution in [3.63, 3.8) is 0 Å². The molecule has 2 aromatic carbocycles. The Labute approximate surface area is 139 Å². The molecule has 0 N–H and O–H groups in total. The van der Waals surface area contributed by atoms with E-state index in [1.807, 2.05) is 12.1 Å². The lowest BCUT2D eigenvalue weighted by Crippen LogP contribution is -2.35. The van der Waals surface area contributed by atoms with Crippen molar-refractivity contribution < 1.29 is 0 Å². The topological polar surface area (TPSA) is 52.0 Å². The molecule has 2 aliphatic heterocycles. The van der Waals surface area contributed by atoms with E-state index in [-0.39, 0.29) is 5.56 Å². The molecule has 0 amide bonds. The third-order valence-electron chi connectivity index (χ3n) is 3.55. The maximum Gasteiger partial charge on any atom is 0.356 e. The summed E-state index contributed by atoms with van der Waals surface area (Å²) in [4.78, 5) is 29.1. The van der Waals surface area contributed by atoms with E-state index in [2.05, 4.69) is 4.98 Å². The van der Waals surface area contributed by atoms with Crippen LogP contribution < -0.4 is 11.2 Å². The van der Waals surface area contributed by atoms with Crippen molar-refractivity contribution in [1.82, 2.24) is 9.55 Å². The number of fused-ring (bicyclic) bond motifs is 2. The maximum atomic E-state index is 12.8. The fourth-order valence-corrected chi connectivity index (χ4v) is 3.63. The minimum atomic E-state index is -0.571. The summed E-state index contributed by atoms with van der Waals surface area (Å²) >= 11 is 7.33. The SMILES string of the molecule is O=c1nc2sc3ccc(Cl)cc3cc-2c(=O)n1-c1ccccc1. The highest BCUT2D eigenvalue weighted by atomic mass is 35.5. The molecule has 4 nitrogen and oxygen atoms in total. The summed E-state index contributed by atoms with van der Waals surface area (Å²) in [7, 11) is 0. The van der Waals surface area contributed by atoms with Crippen LogP contribution in [0, 0.1) is 0 Å². The quantitative estimate of drug-likeness (QED) is 0.498. The molecule has 0 saturated heterocycles. The predicted octanol–water partition coefficient (Wildman–Crippen LogP) is 3.57. The lowest BCUT2D eigenvalue weighted by molar-refractivity contribution is 0.883. The van der Waals surface area contributed by atoms with Crippen LogP contribution in [-0.4, -0.2) is 9.55 Å². The van der Waals surface area contributed by atoms with Crippen LogP contribution in [0.5, 0.6) is 0 Å². The first kappa shape index (κ1) is 14.1. The lowest BCUT2D eigenvalue weighted by Gasteiger charge is -2.09. The Hall–Kier alpha value is -2.50. The molecule has 0 aromatic heterocycles. The zero-order chi connectivity index (χ0) is 16.0. The Bertz CT molecular complexity index is 1120. The zero-order valence-corrected chi connectivity index (χ0v) is 13.3. The van der Waals surface area contributed by atoms with Gasteiger partial charge in [0, 0.05) is 9.72 Å². The van der Waals surface area contributed by atoms with Crippen molar-refractivity contribution in [3.05, 3.63) is 80.5 Å². The first-order valence-corrected chi connectivity index (χ1v) is 8.04. The van der Waals surface area contributed by atoms with Crippen LogP contribution in [0.4, 0.5) is 0 Å². The molecule has 0 spiro atoms. The van der Waals surface area contributed by atoms with Gasteiger partial charge in [-0.1, -0.05) is 29.8 Å². The van der Waals surface area contributed by atoms with Gasteiger partial charge in [-0.25, -0.2) is 9.36 Å². The van der Waals surface area contributed by atoms with E-state index in [9.17, 15) is 9.59 Å². The molecule has 23 heavy (non-hydrogen) atoms. The monoisotopic (exact) mass is 340 g/mol. The molecule has 2 heterocycles. The van der Waals surface area contributed by atoms with Crippen LogP contribution in [0.3, 0.4) is 0 Å². The third kappa shape index (κ3) is 2.34. The number of hydrogen-bond donors (Lipinski definition) is 0. The van der Waals surface area contributed by atoms with E-state index >= 15 is 0 Å². The second-order valence-corrected chi connectivity index (χ2v) is 6.48. The van der Waals surface area contributed by atoms with Crippen molar-refractivity contribution in [2.45, 2.75) is 0 Å². The van der Waals surface area contributed by atoms with Crippen LogP contribution in [0.2, 0.25) is 5.02 Å². The van der Waals surface area contributed by atoms with Crippen molar-refractivity contribution in [2.24, 2.45) is 0 Å². The van der Waals surface area contributed by atoms with Crippen LogP contribution in [-0.2, 0) is 0 Å². The van der Waals surface area contributed by atoms with Gasteiger partial charge in [0.25, 0.3) is 5.56 Å². The van der Waals surface area contributed by atoms with Crippen molar-refractivity contribution in [1.29, 1.82) is 0 Å². The number of benzene rings is 2. The first-order valence-electron chi connectivity index (χ1n) is 6.85. The van der Waals surface area contributed by atoms with E-state index in [1.54, 1.807) is 42.5 Å². The molecule has 2 aromatic rings. The van der Waals surface area contributed by atoms with E-state index in [0.29, 0.717) is 21.3 Å². The first-order chi connectivity index (χ1) is 11.1. The van der Waals surface area contributed by atoms with E-state index in [4.69, 9.17) is 11.6 Å². The van der Waals surface area contributed by atoms with Gasteiger partial charge in [-0.15, -0.1) is 11.3 Å². The third-order valence-corrected chi connectivity index (χ3v) is 4.88. The lowest BCUT2D eigenvalue weighted by atomic mass is 10.2. The summed E-state index contributed by atoms with van der Waals surface area (Å²) in [5.41, 5.74) is -0.0242. The number of halogens is 1. The van der Waals surface area contributed by atoms with Crippen LogP contribution in [0.25, 0.3) is 26.3 Å². The van der Waals surface area contributed by atoms with Gasteiger partial charge in [-0.3, -0.25) is 4.79 Å². The highest BCUT2D eigenvalue weighted by Gasteiger charge is 2.17. The minimum Gasteiger partial charge on any atom is -0.268 e. The smallest absolute Gasteiger partial charge is 0.268 e. The van der Waals surface area contributed by atoms with Gasteiger partial charge < -0.3 is 0 Å². The summed E-state index contributed by atoms with van der Waals surface area (Å²) in [6.07, 6.45) is 0. The van der Waals surface area contributed by atoms with E-state index in [0.717, 1.165) is 14.7 Å². The van der Waals surface area contributed by atoms with Gasteiger partial charge in [0.05, 0.1) is 11.3 Å². The number of hydrogen-bond acceptors (Lipinski definition) is 4. The Morgan fingerprint density at radius 2 is 1.78 bits per heavy atom. The fraction of sp³-hybridized carbons (Fsp3) is 0. The molecule has 2 aliphatic rings. The van der Waals surface area contributed by atoms with E-state index < -0.39 is 5.69 Å². The molecule has 0 radical (unpaired) electrons. The second-order valence-electron chi connectivity index (χ2n) is 5.02. The van der Waals surface area contributed by atoms with Crippen LogP contribution in [0.1, 0.15) is 0 Å². The second kappa shape index (κ2) is 5.30. The molecule has 0 saturated carbocycles. The predicted molar refractivity (Wildman–Crippen MR) is 93.1 cm³/mol. The summed E-state index contributed by atoms with van der Waals surface area (Å²) < 4.78 is 2.01. The summed E-state index contributed by atoms with van der Waals surface area (Å²) in [5, 5.41) is 1.88. The molecule has 112 valence electrons. The van der Waals surface area contributed by atoms with Crippen molar-refractivity contribution >= 4 is 33.0 Å². The largest absolute Gasteiger partial charge is 0.356 e. The van der Waals surface area contributed by atoms with Crippen LogP contribution >= 0.6 is 22.9 Å². The Morgan fingerprint density at radius 1 is 1.00 bits per heavy atom. The van der Waals surface area contributed by atoms with E-state index in [1.165, 1.54) is 11.3 Å². The Morgan fingerprint density at radius 3 is 2.57 bits per heavy atom. The summed E-state index contributed by atoms with van der Waals surface area (Å²) in [6, 6.07) is 15.9. The highest BCUT2D eigenvalue weighted by Crippen LogP contribution is 2.30.